The lowest BCUT2D eigenvalue weighted by atomic mass is 9.70. The molecule has 1 aliphatic heterocycles. The van der Waals surface area contributed by atoms with Crippen LogP contribution in [-0.4, -0.2) is 36.4 Å². The lowest BCUT2D eigenvalue weighted by Gasteiger charge is -2.36. The maximum Gasteiger partial charge on any atom is 0.0105 e. The maximum absolute atomic E-state index is 5.62. The summed E-state index contributed by atoms with van der Waals surface area (Å²) in [6, 6.07) is 0. The molecule has 1 saturated heterocycles. The van der Waals surface area contributed by atoms with E-state index in [2.05, 4.69) is 20.8 Å². The third kappa shape index (κ3) is 2.75. The van der Waals surface area contributed by atoms with Crippen LogP contribution in [0.1, 0.15) is 32.1 Å². The highest BCUT2D eigenvalue weighted by molar-refractivity contribution is 9.09. The molecule has 0 bridgehead atoms. The molecular formula is C12H23BrN2. The van der Waals surface area contributed by atoms with Crippen LogP contribution in [0.5, 0.6) is 0 Å². The minimum absolute atomic E-state index is 0.674. The molecule has 2 aliphatic rings. The molecule has 0 atom stereocenters. The zero-order chi connectivity index (χ0) is 10.7. The third-order valence-corrected chi connectivity index (χ3v) is 5.26. The molecule has 2 rings (SSSR count). The average Bonchev–Trinajstić information content (AvgIpc) is 2.64. The quantitative estimate of drug-likeness (QED) is 0.800. The van der Waals surface area contributed by atoms with Crippen molar-refractivity contribution in [3.63, 3.8) is 0 Å². The Kier molecular flexibility index (Phi) is 4.08. The number of nitrogens with two attached hydrogens (primary N) is 1. The minimum Gasteiger partial charge on any atom is -0.329 e. The molecule has 1 aliphatic carbocycles. The van der Waals surface area contributed by atoms with Crippen molar-refractivity contribution in [2.75, 3.05) is 31.5 Å². The molecule has 15 heavy (non-hydrogen) atoms. The lowest BCUT2D eigenvalue weighted by Crippen LogP contribution is -2.33. The molecule has 0 unspecified atom stereocenters. The monoisotopic (exact) mass is 274 g/mol. The SMILES string of the molecule is NCCN1CCC2(CCC(CBr)CC2)C1. The van der Waals surface area contributed by atoms with Crippen LogP contribution in [-0.2, 0) is 0 Å². The Bertz CT molecular complexity index is 200. The number of hydrogen-bond acceptors (Lipinski definition) is 2. The highest BCUT2D eigenvalue weighted by atomic mass is 79.9. The van der Waals surface area contributed by atoms with Gasteiger partial charge in [-0.2, -0.15) is 0 Å². The Morgan fingerprint density at radius 3 is 2.60 bits per heavy atom. The summed E-state index contributed by atoms with van der Waals surface area (Å²) in [5.41, 5.74) is 6.30. The predicted molar refractivity (Wildman–Crippen MR) is 68.3 cm³/mol. The molecule has 0 aromatic rings. The second-order valence-corrected chi connectivity index (χ2v) is 6.06. The topological polar surface area (TPSA) is 29.3 Å². The zero-order valence-electron chi connectivity index (χ0n) is 9.55. The Balaban J connectivity index is 1.83. The van der Waals surface area contributed by atoms with E-state index in [1.165, 1.54) is 50.5 Å². The summed E-state index contributed by atoms with van der Waals surface area (Å²) in [6.45, 7) is 4.53. The summed E-state index contributed by atoms with van der Waals surface area (Å²) >= 11 is 3.62. The summed E-state index contributed by atoms with van der Waals surface area (Å²) in [4.78, 5) is 2.56. The Labute approximate surface area is 102 Å². The number of likely N-dealkylation sites (tertiary alicyclic amines) is 1. The molecule has 1 saturated carbocycles. The molecular weight excluding hydrogens is 252 g/mol. The van der Waals surface area contributed by atoms with E-state index in [1.807, 2.05) is 0 Å². The third-order valence-electron chi connectivity index (χ3n) is 4.35. The van der Waals surface area contributed by atoms with Gasteiger partial charge in [-0.1, -0.05) is 15.9 Å². The largest absolute Gasteiger partial charge is 0.329 e. The molecule has 2 fully saturated rings. The second kappa shape index (κ2) is 5.15. The molecule has 0 aromatic heterocycles. The fraction of sp³-hybridized carbons (Fsp3) is 1.00. The lowest BCUT2D eigenvalue weighted by molar-refractivity contribution is 0.160. The molecule has 2 nitrogen and oxygen atoms in total. The van der Waals surface area contributed by atoms with Crippen molar-refractivity contribution in [3.05, 3.63) is 0 Å². The zero-order valence-corrected chi connectivity index (χ0v) is 11.1. The first-order valence-corrected chi connectivity index (χ1v) is 7.38. The molecule has 0 amide bonds. The van der Waals surface area contributed by atoms with Gasteiger partial charge in [-0.25, -0.2) is 0 Å². The van der Waals surface area contributed by atoms with E-state index in [-0.39, 0.29) is 0 Å². The highest BCUT2D eigenvalue weighted by Gasteiger charge is 2.40. The summed E-state index contributed by atoms with van der Waals surface area (Å²) in [6.07, 6.45) is 7.18. The van der Waals surface area contributed by atoms with E-state index in [1.54, 1.807) is 0 Å². The van der Waals surface area contributed by atoms with E-state index in [9.17, 15) is 0 Å². The van der Waals surface area contributed by atoms with Crippen LogP contribution in [0.15, 0.2) is 0 Å². The van der Waals surface area contributed by atoms with Gasteiger partial charge in [0.05, 0.1) is 0 Å². The number of nitrogens with zero attached hydrogens (tertiary/aromatic N) is 1. The van der Waals surface area contributed by atoms with Crippen molar-refractivity contribution in [3.8, 4) is 0 Å². The number of hydrogen-bond donors (Lipinski definition) is 1. The van der Waals surface area contributed by atoms with Crippen LogP contribution >= 0.6 is 15.9 Å². The second-order valence-electron chi connectivity index (χ2n) is 5.41. The van der Waals surface area contributed by atoms with Gasteiger partial charge < -0.3 is 10.6 Å². The molecule has 2 N–H and O–H groups in total. The van der Waals surface area contributed by atoms with Gasteiger partial charge in [0, 0.05) is 25.0 Å². The summed E-state index contributed by atoms with van der Waals surface area (Å²) in [7, 11) is 0. The first kappa shape index (κ1) is 11.9. The molecule has 3 heteroatoms. The smallest absolute Gasteiger partial charge is 0.0105 e. The van der Waals surface area contributed by atoms with Gasteiger partial charge in [0.25, 0.3) is 0 Å². The van der Waals surface area contributed by atoms with Gasteiger partial charge in [0.1, 0.15) is 0 Å². The first-order chi connectivity index (χ1) is 7.28. The normalized spacial score (nSPS) is 37.6. The first-order valence-electron chi connectivity index (χ1n) is 6.26. The summed E-state index contributed by atoms with van der Waals surface area (Å²) in [5.74, 6) is 0.944. The predicted octanol–water partition coefficient (Wildman–Crippen LogP) is 2.22. The number of rotatable bonds is 3. The molecule has 0 radical (unpaired) electrons. The Morgan fingerprint density at radius 1 is 1.27 bits per heavy atom. The average molecular weight is 275 g/mol. The van der Waals surface area contributed by atoms with Crippen molar-refractivity contribution in [1.82, 2.24) is 4.90 Å². The van der Waals surface area contributed by atoms with Gasteiger partial charge in [0.2, 0.25) is 0 Å². The van der Waals surface area contributed by atoms with Gasteiger partial charge in [-0.15, -0.1) is 0 Å². The summed E-state index contributed by atoms with van der Waals surface area (Å²) in [5, 5.41) is 1.20. The minimum atomic E-state index is 0.674. The van der Waals surface area contributed by atoms with Crippen LogP contribution < -0.4 is 5.73 Å². The Morgan fingerprint density at radius 2 is 2.00 bits per heavy atom. The van der Waals surface area contributed by atoms with Gasteiger partial charge in [-0.05, 0) is 50.0 Å². The van der Waals surface area contributed by atoms with Crippen molar-refractivity contribution >= 4 is 15.9 Å². The number of alkyl halides is 1. The van der Waals surface area contributed by atoms with E-state index < -0.39 is 0 Å². The van der Waals surface area contributed by atoms with Gasteiger partial charge >= 0.3 is 0 Å². The van der Waals surface area contributed by atoms with Gasteiger partial charge in [0.15, 0.2) is 0 Å². The molecule has 88 valence electrons. The highest BCUT2D eigenvalue weighted by Crippen LogP contribution is 2.45. The van der Waals surface area contributed by atoms with E-state index in [4.69, 9.17) is 5.73 Å². The van der Waals surface area contributed by atoms with Crippen molar-refractivity contribution in [2.24, 2.45) is 17.1 Å². The Hall–Kier alpha value is 0.400. The standard InChI is InChI=1S/C12H23BrN2/c13-9-11-1-3-12(4-2-11)5-7-15(10-12)8-6-14/h11H,1-10,14H2. The van der Waals surface area contributed by atoms with E-state index >= 15 is 0 Å². The molecule has 0 aromatic carbocycles. The fourth-order valence-electron chi connectivity index (χ4n) is 3.25. The fourth-order valence-corrected chi connectivity index (χ4v) is 3.90. The summed E-state index contributed by atoms with van der Waals surface area (Å²) < 4.78 is 0. The van der Waals surface area contributed by atoms with E-state index in [0.717, 1.165) is 19.0 Å². The van der Waals surface area contributed by atoms with Crippen molar-refractivity contribution in [1.29, 1.82) is 0 Å². The number of halogens is 1. The van der Waals surface area contributed by atoms with Crippen LogP contribution in [0.2, 0.25) is 0 Å². The van der Waals surface area contributed by atoms with Crippen molar-refractivity contribution in [2.45, 2.75) is 32.1 Å². The molecule has 1 spiro atoms. The van der Waals surface area contributed by atoms with Crippen LogP contribution in [0.3, 0.4) is 0 Å². The molecule has 1 heterocycles. The van der Waals surface area contributed by atoms with Gasteiger partial charge in [-0.3, -0.25) is 0 Å². The van der Waals surface area contributed by atoms with Crippen molar-refractivity contribution < 1.29 is 0 Å². The maximum atomic E-state index is 5.62. The van der Waals surface area contributed by atoms with Crippen LogP contribution in [0.4, 0.5) is 0 Å². The van der Waals surface area contributed by atoms with Crippen LogP contribution in [0, 0.1) is 11.3 Å². The van der Waals surface area contributed by atoms with Crippen LogP contribution in [0.25, 0.3) is 0 Å². The van der Waals surface area contributed by atoms with E-state index in [0.29, 0.717) is 5.41 Å².